The van der Waals surface area contributed by atoms with Crippen LogP contribution in [0.15, 0.2) is 47.0 Å². The van der Waals surface area contributed by atoms with Gasteiger partial charge in [-0.15, -0.1) is 0 Å². The molecule has 0 bridgehead atoms. The number of amides is 1. The Morgan fingerprint density at radius 3 is 2.54 bits per heavy atom. The summed E-state index contributed by atoms with van der Waals surface area (Å²) >= 11 is 0. The van der Waals surface area contributed by atoms with Gasteiger partial charge in [0.25, 0.3) is 5.91 Å². The van der Waals surface area contributed by atoms with Crippen LogP contribution in [0.5, 0.6) is 5.75 Å². The molecule has 3 rings (SSSR count). The minimum atomic E-state index is -0.391. The van der Waals surface area contributed by atoms with E-state index in [1.165, 1.54) is 12.1 Å². The number of nitrogens with one attached hydrogen (secondary N) is 1. The second-order valence-electron chi connectivity index (χ2n) is 6.03. The molecule has 5 nitrogen and oxygen atoms in total. The highest BCUT2D eigenvalue weighted by atomic mass is 19.1. The van der Waals surface area contributed by atoms with Crippen LogP contribution in [-0.4, -0.2) is 11.1 Å². The van der Waals surface area contributed by atoms with Gasteiger partial charge in [-0.05, 0) is 44.0 Å². The van der Waals surface area contributed by atoms with Gasteiger partial charge in [-0.1, -0.05) is 29.4 Å². The van der Waals surface area contributed by atoms with Crippen molar-refractivity contribution >= 4 is 11.6 Å². The predicted octanol–water partition coefficient (Wildman–Crippen LogP) is 4.57. The lowest BCUT2D eigenvalue weighted by Gasteiger charge is -2.11. The third-order valence-electron chi connectivity index (χ3n) is 4.10. The summed E-state index contributed by atoms with van der Waals surface area (Å²) in [6, 6.07) is 11.6. The van der Waals surface area contributed by atoms with E-state index in [0.717, 1.165) is 16.8 Å². The largest absolute Gasteiger partial charge is 0.489 e. The van der Waals surface area contributed by atoms with Crippen LogP contribution in [0.4, 0.5) is 10.1 Å². The van der Waals surface area contributed by atoms with Crippen molar-refractivity contribution in [2.75, 3.05) is 5.32 Å². The van der Waals surface area contributed by atoms with Crippen LogP contribution in [0.25, 0.3) is 0 Å². The topological polar surface area (TPSA) is 64.4 Å². The normalized spacial score (nSPS) is 10.6. The van der Waals surface area contributed by atoms with Gasteiger partial charge in [0.05, 0.1) is 5.56 Å². The first-order chi connectivity index (χ1) is 12.5. The Kier molecular flexibility index (Phi) is 5.02. The first-order valence-corrected chi connectivity index (χ1v) is 8.17. The van der Waals surface area contributed by atoms with Gasteiger partial charge >= 0.3 is 0 Å². The Hall–Kier alpha value is -3.15. The summed E-state index contributed by atoms with van der Waals surface area (Å²) in [5.41, 5.74) is 3.34. The molecule has 0 radical (unpaired) electrons. The summed E-state index contributed by atoms with van der Waals surface area (Å²) in [4.78, 5) is 12.7. The average molecular weight is 354 g/mol. The fraction of sp³-hybridized carbons (Fsp3) is 0.200. The molecule has 0 unspecified atom stereocenters. The molecule has 0 spiro atoms. The van der Waals surface area contributed by atoms with E-state index in [9.17, 15) is 9.18 Å². The van der Waals surface area contributed by atoms with Gasteiger partial charge in [-0.25, -0.2) is 4.39 Å². The quantitative estimate of drug-likeness (QED) is 0.729. The van der Waals surface area contributed by atoms with Crippen molar-refractivity contribution < 1.29 is 18.4 Å². The highest BCUT2D eigenvalue weighted by molar-refractivity contribution is 6.04. The van der Waals surface area contributed by atoms with Crippen LogP contribution in [0, 0.1) is 26.6 Å². The number of carbonyl (C=O) groups is 1. The third-order valence-corrected chi connectivity index (χ3v) is 4.10. The molecule has 0 saturated heterocycles. The molecule has 26 heavy (non-hydrogen) atoms. The van der Waals surface area contributed by atoms with Crippen LogP contribution < -0.4 is 10.1 Å². The van der Waals surface area contributed by atoms with Crippen molar-refractivity contribution in [2.24, 2.45) is 0 Å². The number of aryl methyl sites for hydroxylation is 3. The standard InChI is InChI=1S/C20H19FN2O3/c1-12-6-4-7-13(2)18(12)22-20(24)19-17(14(3)26-23-19)11-25-16-9-5-8-15(21)10-16/h4-10H,11H2,1-3H3,(H,22,24). The second-order valence-corrected chi connectivity index (χ2v) is 6.03. The van der Waals surface area contributed by atoms with Gasteiger partial charge in [-0.3, -0.25) is 4.79 Å². The average Bonchev–Trinajstić information content (AvgIpc) is 2.97. The Labute approximate surface area is 150 Å². The van der Waals surface area contributed by atoms with Crippen molar-refractivity contribution in [3.8, 4) is 5.75 Å². The molecule has 1 aromatic heterocycles. The molecule has 0 fully saturated rings. The van der Waals surface area contributed by atoms with Crippen LogP contribution in [-0.2, 0) is 6.61 Å². The maximum atomic E-state index is 13.3. The summed E-state index contributed by atoms with van der Waals surface area (Å²) in [5, 5.41) is 6.74. The van der Waals surface area contributed by atoms with Gasteiger partial charge in [-0.2, -0.15) is 0 Å². The van der Waals surface area contributed by atoms with Crippen molar-refractivity contribution in [1.82, 2.24) is 5.16 Å². The highest BCUT2D eigenvalue weighted by Crippen LogP contribution is 2.23. The van der Waals surface area contributed by atoms with E-state index in [1.54, 1.807) is 19.1 Å². The van der Waals surface area contributed by atoms with Crippen molar-refractivity contribution in [3.05, 3.63) is 76.4 Å². The van der Waals surface area contributed by atoms with Gasteiger partial charge in [0.15, 0.2) is 5.69 Å². The maximum absolute atomic E-state index is 13.3. The van der Waals surface area contributed by atoms with Crippen LogP contribution in [0.2, 0.25) is 0 Å². The molecule has 0 aliphatic rings. The zero-order chi connectivity index (χ0) is 18.7. The molecule has 0 aliphatic heterocycles. The van der Waals surface area contributed by atoms with Crippen LogP contribution >= 0.6 is 0 Å². The molecule has 0 saturated carbocycles. The van der Waals surface area contributed by atoms with Gasteiger partial charge in [0.2, 0.25) is 0 Å². The summed E-state index contributed by atoms with van der Waals surface area (Å²) < 4.78 is 24.0. The number of para-hydroxylation sites is 1. The molecular weight excluding hydrogens is 335 g/mol. The van der Waals surface area contributed by atoms with E-state index < -0.39 is 5.82 Å². The molecule has 134 valence electrons. The van der Waals surface area contributed by atoms with E-state index in [4.69, 9.17) is 9.26 Å². The molecular formula is C20H19FN2O3. The first-order valence-electron chi connectivity index (χ1n) is 8.17. The Morgan fingerprint density at radius 1 is 1.15 bits per heavy atom. The molecule has 1 amide bonds. The smallest absolute Gasteiger partial charge is 0.278 e. The van der Waals surface area contributed by atoms with Gasteiger partial charge in [0, 0.05) is 11.8 Å². The molecule has 1 heterocycles. The fourth-order valence-electron chi connectivity index (χ4n) is 2.64. The minimum Gasteiger partial charge on any atom is -0.489 e. The second kappa shape index (κ2) is 7.39. The summed E-state index contributed by atoms with van der Waals surface area (Å²) in [7, 11) is 0. The Balaban J connectivity index is 1.79. The highest BCUT2D eigenvalue weighted by Gasteiger charge is 2.21. The third kappa shape index (κ3) is 3.74. The minimum absolute atomic E-state index is 0.0499. The van der Waals surface area contributed by atoms with E-state index in [-0.39, 0.29) is 18.2 Å². The SMILES string of the molecule is Cc1cccc(C)c1NC(=O)c1noc(C)c1COc1cccc(F)c1. The number of aromatic nitrogens is 1. The van der Waals surface area contributed by atoms with Gasteiger partial charge < -0.3 is 14.6 Å². The Morgan fingerprint density at radius 2 is 1.85 bits per heavy atom. The van der Waals surface area contributed by atoms with E-state index in [1.807, 2.05) is 32.0 Å². The number of hydrogen-bond donors (Lipinski definition) is 1. The number of hydrogen-bond acceptors (Lipinski definition) is 4. The fourth-order valence-corrected chi connectivity index (χ4v) is 2.64. The number of halogens is 1. The lowest BCUT2D eigenvalue weighted by atomic mass is 10.1. The number of ether oxygens (including phenoxy) is 1. The number of rotatable bonds is 5. The van der Waals surface area contributed by atoms with Crippen LogP contribution in [0.3, 0.4) is 0 Å². The molecule has 0 atom stereocenters. The molecule has 6 heteroatoms. The number of nitrogens with zero attached hydrogens (tertiary/aromatic N) is 1. The van der Waals surface area contributed by atoms with Crippen molar-refractivity contribution in [1.29, 1.82) is 0 Å². The predicted molar refractivity (Wildman–Crippen MR) is 95.8 cm³/mol. The summed E-state index contributed by atoms with van der Waals surface area (Å²) in [6.45, 7) is 5.59. The first kappa shape index (κ1) is 17.7. The van der Waals surface area contributed by atoms with Crippen LogP contribution in [0.1, 0.15) is 32.9 Å². The number of carbonyl (C=O) groups excluding carboxylic acids is 1. The van der Waals surface area contributed by atoms with E-state index in [2.05, 4.69) is 10.5 Å². The molecule has 1 N–H and O–H groups in total. The molecule has 3 aromatic rings. The Bertz CT molecular complexity index is 930. The number of anilines is 1. The zero-order valence-electron chi connectivity index (χ0n) is 14.8. The summed E-state index contributed by atoms with van der Waals surface area (Å²) in [5.74, 6) is 0.0781. The van der Waals surface area contributed by atoms with Crippen molar-refractivity contribution in [3.63, 3.8) is 0 Å². The lowest BCUT2D eigenvalue weighted by molar-refractivity contribution is 0.101. The summed E-state index contributed by atoms with van der Waals surface area (Å²) in [6.07, 6.45) is 0. The molecule has 0 aliphatic carbocycles. The van der Waals surface area contributed by atoms with Gasteiger partial charge in [0.1, 0.15) is 23.9 Å². The van der Waals surface area contributed by atoms with E-state index >= 15 is 0 Å². The van der Waals surface area contributed by atoms with Crippen molar-refractivity contribution in [2.45, 2.75) is 27.4 Å². The zero-order valence-corrected chi connectivity index (χ0v) is 14.8. The maximum Gasteiger partial charge on any atom is 0.278 e. The van der Waals surface area contributed by atoms with E-state index in [0.29, 0.717) is 17.1 Å². The monoisotopic (exact) mass is 354 g/mol. The molecule has 2 aromatic carbocycles. The lowest BCUT2D eigenvalue weighted by Crippen LogP contribution is -2.16. The number of benzene rings is 2.